The van der Waals surface area contributed by atoms with Crippen LogP contribution in [-0.2, 0) is 0 Å². The molecular weight excluding hydrogens is 422 g/mol. The van der Waals surface area contributed by atoms with Crippen LogP contribution in [0.5, 0.6) is 17.2 Å². The fourth-order valence-corrected chi connectivity index (χ4v) is 3.13. The second-order valence-corrected chi connectivity index (χ2v) is 7.98. The molecule has 1 fully saturated rings. The lowest BCUT2D eigenvalue weighted by Gasteiger charge is -2.30. The van der Waals surface area contributed by atoms with E-state index in [9.17, 15) is 9.59 Å². The lowest BCUT2D eigenvalue weighted by Crippen LogP contribution is -2.42. The third-order valence-corrected chi connectivity index (χ3v) is 4.87. The van der Waals surface area contributed by atoms with Crippen molar-refractivity contribution < 1.29 is 19.1 Å². The van der Waals surface area contributed by atoms with E-state index >= 15 is 0 Å². The molecule has 1 N–H and O–H groups in total. The first-order valence-corrected chi connectivity index (χ1v) is 10.7. The van der Waals surface area contributed by atoms with Crippen LogP contribution in [0.1, 0.15) is 46.8 Å². The standard InChI is InChI=1S/C24H25N5O4/c1-15(2)32-19-9-17(23(30)28-22-14-25-16(3)12-27-22)10-20(11-19)33-18-5-6-21(26-13-18)24(31)29-7-4-8-29/h5-6,9-15H,4,7-8H2,1-3H3,(H,27,28,30). The van der Waals surface area contributed by atoms with Crippen molar-refractivity contribution >= 4 is 17.6 Å². The predicted molar refractivity (Wildman–Crippen MR) is 122 cm³/mol. The fraction of sp³-hybridized carbons (Fsp3) is 0.292. The zero-order chi connectivity index (χ0) is 23.4. The Morgan fingerprint density at radius 3 is 2.36 bits per heavy atom. The highest BCUT2D eigenvalue weighted by Crippen LogP contribution is 2.28. The molecule has 0 radical (unpaired) electrons. The Balaban J connectivity index is 1.53. The minimum atomic E-state index is -0.374. The number of nitrogens with one attached hydrogen (secondary N) is 1. The van der Waals surface area contributed by atoms with Crippen molar-refractivity contribution in [3.63, 3.8) is 0 Å². The Morgan fingerprint density at radius 1 is 0.970 bits per heavy atom. The first-order valence-electron chi connectivity index (χ1n) is 10.7. The lowest BCUT2D eigenvalue weighted by atomic mass is 10.2. The molecule has 0 aliphatic carbocycles. The van der Waals surface area contributed by atoms with Crippen LogP contribution in [0.2, 0.25) is 0 Å². The number of pyridine rings is 1. The summed E-state index contributed by atoms with van der Waals surface area (Å²) in [5, 5.41) is 2.72. The maximum Gasteiger partial charge on any atom is 0.272 e. The SMILES string of the molecule is Cc1cnc(NC(=O)c2cc(Oc3ccc(C(=O)N4CCC4)nc3)cc(OC(C)C)c2)cn1. The molecule has 1 aromatic carbocycles. The number of ether oxygens (including phenoxy) is 2. The Labute approximate surface area is 191 Å². The lowest BCUT2D eigenvalue weighted by molar-refractivity contribution is 0.0645. The van der Waals surface area contributed by atoms with Crippen molar-refractivity contribution in [2.24, 2.45) is 0 Å². The first kappa shape index (κ1) is 22.2. The number of rotatable bonds is 7. The number of nitrogens with zero attached hydrogens (tertiary/aromatic N) is 4. The van der Waals surface area contributed by atoms with E-state index in [0.29, 0.717) is 34.3 Å². The van der Waals surface area contributed by atoms with Gasteiger partial charge in [-0.2, -0.15) is 0 Å². The first-order chi connectivity index (χ1) is 15.9. The summed E-state index contributed by atoms with van der Waals surface area (Å²) in [6, 6.07) is 8.24. The van der Waals surface area contributed by atoms with E-state index in [1.54, 1.807) is 41.4 Å². The number of carbonyl (C=O) groups excluding carboxylic acids is 2. The zero-order valence-electron chi connectivity index (χ0n) is 18.7. The number of aryl methyl sites for hydroxylation is 1. The van der Waals surface area contributed by atoms with E-state index in [4.69, 9.17) is 9.47 Å². The van der Waals surface area contributed by atoms with E-state index in [1.165, 1.54) is 12.4 Å². The van der Waals surface area contributed by atoms with Crippen LogP contribution in [0, 0.1) is 6.92 Å². The molecule has 1 aliphatic heterocycles. The molecule has 4 rings (SSSR count). The van der Waals surface area contributed by atoms with Gasteiger partial charge in [0.2, 0.25) is 0 Å². The van der Waals surface area contributed by atoms with Crippen molar-refractivity contribution in [1.82, 2.24) is 19.9 Å². The number of carbonyl (C=O) groups is 2. The van der Waals surface area contributed by atoms with Gasteiger partial charge in [0.1, 0.15) is 22.9 Å². The van der Waals surface area contributed by atoms with E-state index in [0.717, 1.165) is 25.2 Å². The molecule has 0 spiro atoms. The van der Waals surface area contributed by atoms with E-state index < -0.39 is 0 Å². The monoisotopic (exact) mass is 447 g/mol. The van der Waals surface area contributed by atoms with Gasteiger partial charge in [0, 0.05) is 24.7 Å². The maximum absolute atomic E-state index is 12.8. The number of anilines is 1. The molecule has 33 heavy (non-hydrogen) atoms. The number of hydrogen-bond donors (Lipinski definition) is 1. The molecule has 1 aliphatic rings. The molecule has 0 saturated carbocycles. The summed E-state index contributed by atoms with van der Waals surface area (Å²) in [6.07, 6.45) is 5.49. The molecule has 9 heteroatoms. The van der Waals surface area contributed by atoms with Crippen LogP contribution in [0.3, 0.4) is 0 Å². The molecule has 2 aromatic heterocycles. The van der Waals surface area contributed by atoms with E-state index in [-0.39, 0.29) is 17.9 Å². The summed E-state index contributed by atoms with van der Waals surface area (Å²) >= 11 is 0. The molecule has 1 saturated heterocycles. The molecular formula is C24H25N5O4. The summed E-state index contributed by atoms with van der Waals surface area (Å²) in [4.78, 5) is 39.4. The number of hydrogen-bond acceptors (Lipinski definition) is 7. The topological polar surface area (TPSA) is 107 Å². The van der Waals surface area contributed by atoms with Crippen LogP contribution in [0.25, 0.3) is 0 Å². The third kappa shape index (κ3) is 5.62. The molecule has 0 unspecified atom stereocenters. The fourth-order valence-electron chi connectivity index (χ4n) is 3.13. The summed E-state index contributed by atoms with van der Waals surface area (Å²) in [6.45, 7) is 7.14. The van der Waals surface area contributed by atoms with Crippen LogP contribution in [0.4, 0.5) is 5.82 Å². The van der Waals surface area contributed by atoms with Gasteiger partial charge in [0.15, 0.2) is 5.82 Å². The predicted octanol–water partition coefficient (Wildman–Crippen LogP) is 3.86. The molecule has 3 heterocycles. The molecule has 3 aromatic rings. The van der Waals surface area contributed by atoms with Crippen molar-refractivity contribution in [3.05, 3.63) is 65.9 Å². The second kappa shape index (κ2) is 9.64. The Morgan fingerprint density at radius 2 is 1.76 bits per heavy atom. The van der Waals surface area contributed by atoms with Gasteiger partial charge in [-0.25, -0.2) is 9.97 Å². The van der Waals surface area contributed by atoms with Crippen LogP contribution in [-0.4, -0.2) is 50.9 Å². The van der Waals surface area contributed by atoms with Gasteiger partial charge in [-0.15, -0.1) is 0 Å². The molecule has 170 valence electrons. The van der Waals surface area contributed by atoms with Crippen LogP contribution < -0.4 is 14.8 Å². The number of aromatic nitrogens is 3. The van der Waals surface area contributed by atoms with Crippen molar-refractivity contribution in [2.75, 3.05) is 18.4 Å². The van der Waals surface area contributed by atoms with Gasteiger partial charge in [-0.3, -0.25) is 14.6 Å². The van der Waals surface area contributed by atoms with E-state index in [1.807, 2.05) is 20.8 Å². The molecule has 2 amide bonds. The van der Waals surface area contributed by atoms with Crippen LogP contribution >= 0.6 is 0 Å². The zero-order valence-corrected chi connectivity index (χ0v) is 18.7. The average molecular weight is 447 g/mol. The smallest absolute Gasteiger partial charge is 0.272 e. The highest BCUT2D eigenvalue weighted by atomic mass is 16.5. The van der Waals surface area contributed by atoms with Gasteiger partial charge >= 0.3 is 0 Å². The highest BCUT2D eigenvalue weighted by Gasteiger charge is 2.22. The summed E-state index contributed by atoms with van der Waals surface area (Å²) in [5.74, 6) is 1.21. The number of amides is 2. The highest BCUT2D eigenvalue weighted by molar-refractivity contribution is 6.04. The van der Waals surface area contributed by atoms with Crippen molar-refractivity contribution in [3.8, 4) is 17.2 Å². The second-order valence-electron chi connectivity index (χ2n) is 7.98. The van der Waals surface area contributed by atoms with Gasteiger partial charge in [-0.1, -0.05) is 0 Å². The molecule has 9 nitrogen and oxygen atoms in total. The Hall–Kier alpha value is -4.01. The largest absolute Gasteiger partial charge is 0.491 e. The summed E-state index contributed by atoms with van der Waals surface area (Å²) < 4.78 is 11.7. The average Bonchev–Trinajstić information content (AvgIpc) is 2.74. The van der Waals surface area contributed by atoms with Gasteiger partial charge in [0.25, 0.3) is 11.8 Å². The van der Waals surface area contributed by atoms with Crippen LogP contribution in [0.15, 0.2) is 48.9 Å². The third-order valence-electron chi connectivity index (χ3n) is 4.87. The normalized spacial score (nSPS) is 12.8. The molecule has 0 bridgehead atoms. The molecule has 0 atom stereocenters. The minimum Gasteiger partial charge on any atom is -0.491 e. The van der Waals surface area contributed by atoms with Gasteiger partial charge < -0.3 is 19.7 Å². The number of benzene rings is 1. The minimum absolute atomic E-state index is 0.0849. The summed E-state index contributed by atoms with van der Waals surface area (Å²) in [7, 11) is 0. The van der Waals surface area contributed by atoms with Gasteiger partial charge in [0.05, 0.1) is 30.4 Å². The maximum atomic E-state index is 12.8. The van der Waals surface area contributed by atoms with Gasteiger partial charge in [-0.05, 0) is 51.5 Å². The van der Waals surface area contributed by atoms with E-state index in [2.05, 4.69) is 20.3 Å². The van der Waals surface area contributed by atoms with Crippen molar-refractivity contribution in [1.29, 1.82) is 0 Å². The summed E-state index contributed by atoms with van der Waals surface area (Å²) in [5.41, 5.74) is 1.46. The quantitative estimate of drug-likeness (QED) is 0.586. The Bertz CT molecular complexity index is 1140. The Kier molecular flexibility index (Phi) is 6.48. The van der Waals surface area contributed by atoms with Crippen molar-refractivity contribution in [2.45, 2.75) is 33.3 Å². The number of likely N-dealkylation sites (tertiary alicyclic amines) is 1.